The van der Waals surface area contributed by atoms with Gasteiger partial charge >= 0.3 is 12.3 Å². The first-order valence-electron chi connectivity index (χ1n) is 14.3. The Balaban J connectivity index is 1.06. The van der Waals surface area contributed by atoms with E-state index in [1.165, 1.54) is 18.2 Å². The zero-order valence-electron chi connectivity index (χ0n) is 22.9. The van der Waals surface area contributed by atoms with Crippen molar-refractivity contribution in [2.45, 2.75) is 73.8 Å². The van der Waals surface area contributed by atoms with Gasteiger partial charge < -0.3 is 19.1 Å². The number of fused-ring (bicyclic) bond motifs is 3. The number of nitrogens with zero attached hydrogens (tertiary/aromatic N) is 3. The number of ether oxygens (including phenoxy) is 2. The van der Waals surface area contributed by atoms with E-state index in [2.05, 4.69) is 14.9 Å². The summed E-state index contributed by atoms with van der Waals surface area (Å²) in [5.41, 5.74) is 2.32. The summed E-state index contributed by atoms with van der Waals surface area (Å²) in [6.45, 7) is 0.203. The quantitative estimate of drug-likeness (QED) is 0.204. The number of aromatic nitrogens is 3. The Kier molecular flexibility index (Phi) is 7.29. The minimum Gasteiger partial charge on any atom is -0.478 e. The second-order valence-electron chi connectivity index (χ2n) is 11.5. The van der Waals surface area contributed by atoms with Crippen molar-refractivity contribution in [3.8, 4) is 17.0 Å². The van der Waals surface area contributed by atoms with Crippen LogP contribution in [0.15, 0.2) is 58.2 Å². The van der Waals surface area contributed by atoms with E-state index in [0.29, 0.717) is 45.1 Å². The van der Waals surface area contributed by atoms with Crippen LogP contribution >= 0.6 is 11.8 Å². The van der Waals surface area contributed by atoms with E-state index in [-0.39, 0.29) is 35.5 Å². The Bertz CT molecular complexity index is 1660. The number of carboxylic acid groups (broad SMARTS) is 1. The third-order valence-corrected chi connectivity index (χ3v) is 10.1. The molecule has 2 heterocycles. The number of benzene rings is 2. The van der Waals surface area contributed by atoms with Crippen molar-refractivity contribution in [2.75, 3.05) is 0 Å². The molecule has 3 aliphatic rings. The number of thioether (sulfide) groups is 1. The molecular formula is C31H28F3N3O5S. The minimum absolute atomic E-state index is 0.00614. The van der Waals surface area contributed by atoms with E-state index in [9.17, 15) is 23.1 Å². The van der Waals surface area contributed by atoms with Gasteiger partial charge in [-0.2, -0.15) is 0 Å². The van der Waals surface area contributed by atoms with Crippen molar-refractivity contribution < 1.29 is 37.1 Å². The Morgan fingerprint density at radius 2 is 1.81 bits per heavy atom. The fourth-order valence-electron chi connectivity index (χ4n) is 6.56. The maximum atomic E-state index is 13.1. The monoisotopic (exact) mass is 611 g/mol. The lowest BCUT2D eigenvalue weighted by atomic mass is 9.86. The lowest BCUT2D eigenvalue weighted by Gasteiger charge is -2.34. The molecule has 7 rings (SSSR count). The molecule has 0 aliphatic heterocycles. The molecule has 4 atom stereocenters. The topological polar surface area (TPSA) is 108 Å². The van der Waals surface area contributed by atoms with Gasteiger partial charge in [0.15, 0.2) is 0 Å². The number of alkyl halides is 3. The van der Waals surface area contributed by atoms with Gasteiger partial charge in [0, 0.05) is 22.3 Å². The number of hydrogen-bond acceptors (Lipinski definition) is 8. The molecule has 0 radical (unpaired) electrons. The van der Waals surface area contributed by atoms with Crippen molar-refractivity contribution in [1.82, 2.24) is 15.1 Å². The molecule has 2 unspecified atom stereocenters. The van der Waals surface area contributed by atoms with Crippen molar-refractivity contribution in [3.05, 3.63) is 65.5 Å². The Morgan fingerprint density at radius 1 is 1.05 bits per heavy atom. The molecule has 0 amide bonds. The molecule has 43 heavy (non-hydrogen) atoms. The van der Waals surface area contributed by atoms with E-state index >= 15 is 0 Å². The van der Waals surface area contributed by atoms with Crippen LogP contribution in [-0.4, -0.2) is 43.9 Å². The van der Waals surface area contributed by atoms with Crippen LogP contribution in [0.25, 0.3) is 22.3 Å². The summed E-state index contributed by atoms with van der Waals surface area (Å²) < 4.78 is 55.8. The molecule has 2 bridgehead atoms. The highest BCUT2D eigenvalue weighted by molar-refractivity contribution is 7.99. The zero-order chi connectivity index (χ0) is 29.7. The van der Waals surface area contributed by atoms with E-state index in [4.69, 9.17) is 14.2 Å². The summed E-state index contributed by atoms with van der Waals surface area (Å²) in [5.74, 6) is 0.375. The van der Waals surface area contributed by atoms with Crippen LogP contribution in [0.5, 0.6) is 5.75 Å². The van der Waals surface area contributed by atoms with Crippen LogP contribution in [0.2, 0.25) is 0 Å². The molecule has 1 N–H and O–H groups in total. The number of para-hydroxylation sites is 2. The second kappa shape index (κ2) is 11.1. The average Bonchev–Trinajstić information content (AvgIpc) is 3.69. The molecule has 4 aromatic rings. The van der Waals surface area contributed by atoms with Crippen molar-refractivity contribution in [2.24, 2.45) is 11.8 Å². The number of hydrogen-bond donors (Lipinski definition) is 1. The summed E-state index contributed by atoms with van der Waals surface area (Å²) in [6, 6.07) is 11.0. The maximum Gasteiger partial charge on any atom is 0.573 e. The molecule has 8 nitrogen and oxygen atoms in total. The normalized spacial score (nSPS) is 23.5. The van der Waals surface area contributed by atoms with E-state index in [1.54, 1.807) is 42.2 Å². The highest BCUT2D eigenvalue weighted by Crippen LogP contribution is 2.51. The van der Waals surface area contributed by atoms with Gasteiger partial charge in [0.1, 0.15) is 27.7 Å². The lowest BCUT2D eigenvalue weighted by Crippen LogP contribution is -2.32. The highest BCUT2D eigenvalue weighted by Gasteiger charge is 2.44. The van der Waals surface area contributed by atoms with Crippen LogP contribution in [0, 0.1) is 11.8 Å². The minimum atomic E-state index is -4.83. The van der Waals surface area contributed by atoms with Gasteiger partial charge in [-0.05, 0) is 74.6 Å². The molecule has 3 aliphatic carbocycles. The van der Waals surface area contributed by atoms with E-state index in [0.717, 1.165) is 43.6 Å². The number of carbonyl (C=O) groups is 1. The van der Waals surface area contributed by atoms with Gasteiger partial charge in [0.2, 0.25) is 0 Å². The molecule has 2 aromatic carbocycles. The SMILES string of the molecule is O=C(O)c1cccc2nc(SC3[C@@H]4CC[C@H]3CC(OCc3c(-c5ccccc5OC(F)(F)F)noc3C3CC3)C4)cnc12. The number of halogens is 3. The Hall–Kier alpha value is -3.64. The van der Waals surface area contributed by atoms with Crippen LogP contribution in [0.4, 0.5) is 13.2 Å². The standard InChI is InChI=1S/C31H28F3N3O5S/c32-31(33,34)41-24-7-2-1-4-20(24)26-22(28(42-37-26)16-8-9-16)15-40-19-12-17-10-11-18(13-19)29(17)43-25-14-35-27-21(30(38)39)5-3-6-23(27)36-25/h1-7,14,16-19,29H,8-13,15H2,(H,38,39)/t17-,18+,19?,29?. The third kappa shape index (κ3) is 5.82. The first kappa shape index (κ1) is 28.1. The molecule has 0 spiro atoms. The number of rotatable bonds is 9. The van der Waals surface area contributed by atoms with Gasteiger partial charge in [-0.15, -0.1) is 24.9 Å². The van der Waals surface area contributed by atoms with Crippen LogP contribution in [0.1, 0.15) is 66.1 Å². The molecule has 12 heteroatoms. The molecule has 224 valence electrons. The molecular weight excluding hydrogens is 583 g/mol. The molecule has 3 fully saturated rings. The zero-order valence-corrected chi connectivity index (χ0v) is 23.7. The molecule has 2 aromatic heterocycles. The number of aromatic carboxylic acids is 1. The third-order valence-electron chi connectivity index (χ3n) is 8.60. The second-order valence-corrected chi connectivity index (χ2v) is 12.7. The first-order chi connectivity index (χ1) is 20.7. The largest absolute Gasteiger partial charge is 0.573 e. The van der Waals surface area contributed by atoms with Gasteiger partial charge in [0.25, 0.3) is 0 Å². The highest BCUT2D eigenvalue weighted by atomic mass is 32.2. The average molecular weight is 612 g/mol. The van der Waals surface area contributed by atoms with Gasteiger partial charge in [-0.1, -0.05) is 23.4 Å². The van der Waals surface area contributed by atoms with Crippen molar-refractivity contribution in [1.29, 1.82) is 0 Å². The maximum absolute atomic E-state index is 13.1. The smallest absolute Gasteiger partial charge is 0.478 e. The summed E-state index contributed by atoms with van der Waals surface area (Å²) in [6.07, 6.45) is 2.64. The summed E-state index contributed by atoms with van der Waals surface area (Å²) in [4.78, 5) is 20.7. The van der Waals surface area contributed by atoms with Gasteiger partial charge in [-0.25, -0.2) is 9.78 Å². The van der Waals surface area contributed by atoms with Gasteiger partial charge in [0.05, 0.1) is 30.0 Å². The van der Waals surface area contributed by atoms with Crippen LogP contribution in [0.3, 0.4) is 0 Å². The molecule has 3 saturated carbocycles. The summed E-state index contributed by atoms with van der Waals surface area (Å²) in [5, 5.41) is 14.8. The Morgan fingerprint density at radius 3 is 2.53 bits per heavy atom. The van der Waals surface area contributed by atoms with E-state index in [1.807, 2.05) is 0 Å². The summed E-state index contributed by atoms with van der Waals surface area (Å²) >= 11 is 1.70. The van der Waals surface area contributed by atoms with Crippen molar-refractivity contribution >= 4 is 28.8 Å². The fraction of sp³-hybridized carbons (Fsp3) is 0.419. The van der Waals surface area contributed by atoms with E-state index < -0.39 is 12.3 Å². The predicted molar refractivity (Wildman–Crippen MR) is 151 cm³/mol. The predicted octanol–water partition coefficient (Wildman–Crippen LogP) is 7.63. The first-order valence-corrected chi connectivity index (χ1v) is 15.2. The van der Waals surface area contributed by atoms with Crippen molar-refractivity contribution in [3.63, 3.8) is 0 Å². The lowest BCUT2D eigenvalue weighted by molar-refractivity contribution is -0.274. The van der Waals surface area contributed by atoms with Crippen LogP contribution in [-0.2, 0) is 11.3 Å². The number of carboxylic acids is 1. The van der Waals surface area contributed by atoms with Gasteiger partial charge in [-0.3, -0.25) is 4.98 Å². The van der Waals surface area contributed by atoms with Crippen LogP contribution < -0.4 is 4.74 Å². The fourth-order valence-corrected chi connectivity index (χ4v) is 7.98. The summed E-state index contributed by atoms with van der Waals surface area (Å²) in [7, 11) is 0. The molecule has 0 saturated heterocycles. The Labute approximate surface area is 249 Å².